The number of benzene rings is 1. The molecule has 0 radical (unpaired) electrons. The van der Waals surface area contributed by atoms with Crippen LogP contribution in [0.5, 0.6) is 0 Å². The highest BCUT2D eigenvalue weighted by atomic mass is 35.5. The summed E-state index contributed by atoms with van der Waals surface area (Å²) in [4.78, 5) is 12.5. The van der Waals surface area contributed by atoms with E-state index in [4.69, 9.17) is 23.2 Å². The van der Waals surface area contributed by atoms with Crippen molar-refractivity contribution in [2.75, 3.05) is 5.32 Å². The van der Waals surface area contributed by atoms with E-state index in [1.807, 2.05) is 0 Å². The van der Waals surface area contributed by atoms with Crippen molar-refractivity contribution in [1.29, 1.82) is 0 Å². The summed E-state index contributed by atoms with van der Waals surface area (Å²) in [6.45, 7) is 2.26. The largest absolute Gasteiger partial charge is 0.326 e. The Kier molecular flexibility index (Phi) is 8.57. The van der Waals surface area contributed by atoms with Crippen molar-refractivity contribution in [1.82, 2.24) is 0 Å². The molecule has 0 aromatic heterocycles. The summed E-state index contributed by atoms with van der Waals surface area (Å²) in [7, 11) is 0. The van der Waals surface area contributed by atoms with Gasteiger partial charge >= 0.3 is 0 Å². The van der Waals surface area contributed by atoms with Crippen LogP contribution in [0.4, 0.5) is 5.69 Å². The number of hydrogen-bond acceptors (Lipinski definition) is 1. The van der Waals surface area contributed by atoms with E-state index in [0.717, 1.165) is 38.5 Å². The number of allylic oxidation sites excluding steroid dienone is 4. The Bertz CT molecular complexity index is 624. The van der Waals surface area contributed by atoms with E-state index in [-0.39, 0.29) is 5.91 Å². The van der Waals surface area contributed by atoms with Gasteiger partial charge in [0.05, 0.1) is 10.0 Å². The van der Waals surface area contributed by atoms with Gasteiger partial charge in [0.15, 0.2) is 0 Å². The third-order valence-corrected chi connectivity index (χ3v) is 5.52. The maximum atomic E-state index is 12.5. The fourth-order valence-corrected chi connectivity index (χ4v) is 3.48. The summed E-state index contributed by atoms with van der Waals surface area (Å²) in [6, 6.07) is 5.18. The number of carbonyl (C=O) groups excluding carboxylic acids is 1. The van der Waals surface area contributed by atoms with Crippen LogP contribution in [0.2, 0.25) is 10.0 Å². The maximum Gasteiger partial charge on any atom is 0.224 e. The number of nitrogens with one attached hydrogen (secondary N) is 1. The van der Waals surface area contributed by atoms with Crippen molar-refractivity contribution < 1.29 is 4.79 Å². The first-order valence-electron chi connectivity index (χ1n) is 9.11. The van der Waals surface area contributed by atoms with Gasteiger partial charge in [-0.25, -0.2) is 0 Å². The minimum atomic E-state index is 0.0434. The van der Waals surface area contributed by atoms with Crippen LogP contribution in [-0.4, -0.2) is 5.91 Å². The highest BCUT2D eigenvalue weighted by Gasteiger charge is 2.20. The molecule has 1 aliphatic carbocycles. The van der Waals surface area contributed by atoms with Gasteiger partial charge < -0.3 is 5.32 Å². The zero-order valence-electron chi connectivity index (χ0n) is 14.8. The van der Waals surface area contributed by atoms with Gasteiger partial charge in [-0.3, -0.25) is 4.79 Å². The molecule has 0 heterocycles. The van der Waals surface area contributed by atoms with Gasteiger partial charge in [-0.1, -0.05) is 54.4 Å². The number of hydrogen-bond donors (Lipinski definition) is 1. The topological polar surface area (TPSA) is 29.1 Å². The van der Waals surface area contributed by atoms with Crippen LogP contribution in [-0.2, 0) is 4.79 Å². The van der Waals surface area contributed by atoms with Gasteiger partial charge in [-0.15, -0.1) is 0 Å². The zero-order valence-corrected chi connectivity index (χ0v) is 16.3. The second kappa shape index (κ2) is 10.7. The van der Waals surface area contributed by atoms with Gasteiger partial charge in [0, 0.05) is 12.1 Å². The monoisotopic (exact) mass is 379 g/mol. The molecule has 1 aliphatic rings. The molecule has 1 aromatic carbocycles. The third-order valence-electron chi connectivity index (χ3n) is 4.78. The van der Waals surface area contributed by atoms with Crippen molar-refractivity contribution in [3.05, 3.63) is 52.5 Å². The molecule has 136 valence electrons. The highest BCUT2D eigenvalue weighted by molar-refractivity contribution is 6.42. The van der Waals surface area contributed by atoms with Gasteiger partial charge in [-0.05, 0) is 68.6 Å². The molecule has 0 bridgehead atoms. The molecule has 0 spiro atoms. The number of rotatable bonds is 3. The number of carbonyl (C=O) groups is 1. The van der Waals surface area contributed by atoms with Crippen LogP contribution in [0.15, 0.2) is 42.5 Å². The predicted octanol–water partition coefficient (Wildman–Crippen LogP) is 7.04. The first kappa shape index (κ1) is 20.1. The molecule has 4 heteroatoms. The minimum absolute atomic E-state index is 0.0434. The molecule has 2 rings (SSSR count). The SMILES string of the molecule is CC1CC/C=C\CC/C=C\CCC1CC(=O)Nc1ccc(Cl)c(Cl)c1. The van der Waals surface area contributed by atoms with E-state index < -0.39 is 0 Å². The summed E-state index contributed by atoms with van der Waals surface area (Å²) in [6.07, 6.45) is 16.1. The van der Waals surface area contributed by atoms with Crippen molar-refractivity contribution in [3.63, 3.8) is 0 Å². The summed E-state index contributed by atoms with van der Waals surface area (Å²) >= 11 is 11.9. The fourth-order valence-electron chi connectivity index (χ4n) is 3.18. The van der Waals surface area contributed by atoms with Crippen LogP contribution in [0.3, 0.4) is 0 Å². The molecule has 0 aliphatic heterocycles. The van der Waals surface area contributed by atoms with Crippen LogP contribution >= 0.6 is 23.2 Å². The van der Waals surface area contributed by atoms with E-state index in [9.17, 15) is 4.79 Å². The molecule has 2 unspecified atom stereocenters. The molecule has 2 nitrogen and oxygen atoms in total. The Morgan fingerprint density at radius 1 is 1.00 bits per heavy atom. The lowest BCUT2D eigenvalue weighted by atomic mass is 9.83. The van der Waals surface area contributed by atoms with E-state index in [1.165, 1.54) is 0 Å². The molecule has 0 fully saturated rings. The lowest BCUT2D eigenvalue weighted by molar-refractivity contribution is -0.117. The van der Waals surface area contributed by atoms with Gasteiger partial charge in [0.2, 0.25) is 5.91 Å². The van der Waals surface area contributed by atoms with Crippen molar-refractivity contribution in [2.24, 2.45) is 11.8 Å². The standard InChI is InChI=1S/C21H27Cl2NO/c1-16-10-8-6-4-2-3-5-7-9-11-17(16)14-21(25)24-18-12-13-19(22)20(23)15-18/h4-7,12-13,15-17H,2-3,8-11,14H2,1H3,(H,24,25)/b6-4-,7-5-. The third kappa shape index (κ3) is 7.25. The van der Waals surface area contributed by atoms with Crippen LogP contribution in [0.25, 0.3) is 0 Å². The molecule has 0 saturated heterocycles. The number of anilines is 1. The van der Waals surface area contributed by atoms with Crippen molar-refractivity contribution in [2.45, 2.75) is 51.9 Å². The maximum absolute atomic E-state index is 12.5. The Morgan fingerprint density at radius 2 is 1.64 bits per heavy atom. The van der Waals surface area contributed by atoms with Gasteiger partial charge in [0.25, 0.3) is 0 Å². The van der Waals surface area contributed by atoms with Crippen LogP contribution in [0, 0.1) is 11.8 Å². The minimum Gasteiger partial charge on any atom is -0.326 e. The summed E-state index contributed by atoms with van der Waals surface area (Å²) in [5.74, 6) is 0.958. The molecular formula is C21H27Cl2NO. The highest BCUT2D eigenvalue weighted by Crippen LogP contribution is 2.28. The van der Waals surface area contributed by atoms with E-state index in [0.29, 0.717) is 34.0 Å². The second-order valence-corrected chi connectivity index (χ2v) is 7.61. The molecule has 25 heavy (non-hydrogen) atoms. The molecule has 1 amide bonds. The number of amides is 1. The smallest absolute Gasteiger partial charge is 0.224 e. The Labute approximate surface area is 161 Å². The van der Waals surface area contributed by atoms with E-state index in [2.05, 4.69) is 36.5 Å². The fraction of sp³-hybridized carbons (Fsp3) is 0.476. The summed E-state index contributed by atoms with van der Waals surface area (Å²) in [5, 5.41) is 3.90. The first-order chi connectivity index (χ1) is 12.1. The Morgan fingerprint density at radius 3 is 2.32 bits per heavy atom. The van der Waals surface area contributed by atoms with Crippen LogP contribution < -0.4 is 5.32 Å². The van der Waals surface area contributed by atoms with Gasteiger partial charge in [-0.2, -0.15) is 0 Å². The summed E-state index contributed by atoms with van der Waals surface area (Å²) in [5.41, 5.74) is 0.697. The average molecular weight is 380 g/mol. The molecule has 0 saturated carbocycles. The van der Waals surface area contributed by atoms with Crippen molar-refractivity contribution >= 4 is 34.8 Å². The quantitative estimate of drug-likeness (QED) is 0.560. The normalized spacial score (nSPS) is 24.6. The molecule has 1 N–H and O–H groups in total. The molecular weight excluding hydrogens is 353 g/mol. The van der Waals surface area contributed by atoms with Gasteiger partial charge in [0.1, 0.15) is 0 Å². The number of halogens is 2. The van der Waals surface area contributed by atoms with E-state index >= 15 is 0 Å². The van der Waals surface area contributed by atoms with Crippen LogP contribution in [0.1, 0.15) is 51.9 Å². The zero-order chi connectivity index (χ0) is 18.1. The Hall–Kier alpha value is -1.25. The lowest BCUT2D eigenvalue weighted by Crippen LogP contribution is -2.21. The van der Waals surface area contributed by atoms with Crippen molar-refractivity contribution in [3.8, 4) is 0 Å². The Balaban J connectivity index is 1.95. The summed E-state index contributed by atoms with van der Waals surface area (Å²) < 4.78 is 0. The molecule has 1 aromatic rings. The average Bonchev–Trinajstić information content (AvgIpc) is 2.57. The molecule has 2 atom stereocenters. The van der Waals surface area contributed by atoms with E-state index in [1.54, 1.807) is 18.2 Å². The lowest BCUT2D eigenvalue weighted by Gasteiger charge is -2.23. The predicted molar refractivity (Wildman–Crippen MR) is 108 cm³/mol. The first-order valence-corrected chi connectivity index (χ1v) is 9.86. The second-order valence-electron chi connectivity index (χ2n) is 6.79.